The molecular weight excluding hydrogens is 627 g/mol. The zero-order valence-electron chi connectivity index (χ0n) is 27.0. The first-order valence-corrected chi connectivity index (χ1v) is 17.7. The van der Waals surface area contributed by atoms with Crippen LogP contribution in [0.2, 0.25) is 0 Å². The Morgan fingerprint density at radius 3 is 1.86 bits per heavy atom. The maximum Gasteiger partial charge on any atom is 0.160 e. The van der Waals surface area contributed by atoms with Crippen molar-refractivity contribution < 1.29 is 0 Å². The summed E-state index contributed by atoms with van der Waals surface area (Å²) in [5.41, 5.74) is 12.3. The molecule has 3 heterocycles. The second kappa shape index (κ2) is 11.7. The number of nitrogens with zero attached hydrogens (tertiary/aromatic N) is 3. The molecule has 7 aromatic carbocycles. The van der Waals surface area contributed by atoms with Crippen LogP contribution in [0.4, 0.5) is 0 Å². The van der Waals surface area contributed by atoms with Gasteiger partial charge in [0.1, 0.15) is 0 Å². The first-order valence-electron chi connectivity index (χ1n) is 16.8. The minimum atomic E-state index is 0.733. The van der Waals surface area contributed by atoms with E-state index < -0.39 is 0 Å². The highest BCUT2D eigenvalue weighted by atomic mass is 32.1. The van der Waals surface area contributed by atoms with E-state index in [1.54, 1.807) is 11.3 Å². The molecule has 0 atom stereocenters. The first kappa shape index (κ1) is 28.6. The Hall–Kier alpha value is -6.36. The van der Waals surface area contributed by atoms with Crippen molar-refractivity contribution in [2.75, 3.05) is 0 Å². The second-order valence-corrected chi connectivity index (χ2v) is 13.6. The topological polar surface area (TPSA) is 30.7 Å². The molecule has 0 aliphatic rings. The summed E-state index contributed by atoms with van der Waals surface area (Å²) in [4.78, 5) is 10.4. The molecule has 0 saturated carbocycles. The smallest absolute Gasteiger partial charge is 0.160 e. The highest BCUT2D eigenvalue weighted by Gasteiger charge is 2.18. The van der Waals surface area contributed by atoms with Crippen LogP contribution in [0.25, 0.3) is 92.7 Å². The van der Waals surface area contributed by atoms with E-state index in [1.165, 1.54) is 43.0 Å². The summed E-state index contributed by atoms with van der Waals surface area (Å²) >= 11 is 1.76. The van der Waals surface area contributed by atoms with E-state index in [2.05, 4.69) is 174 Å². The van der Waals surface area contributed by atoms with Gasteiger partial charge in [-0.2, -0.15) is 0 Å². The van der Waals surface area contributed by atoms with Gasteiger partial charge in [0.2, 0.25) is 0 Å². The minimum absolute atomic E-state index is 0.733. The lowest BCUT2D eigenvalue weighted by molar-refractivity contribution is 1.18. The summed E-state index contributed by atoms with van der Waals surface area (Å²) in [6.07, 6.45) is 0. The van der Waals surface area contributed by atoms with Crippen molar-refractivity contribution in [1.82, 2.24) is 14.5 Å². The van der Waals surface area contributed by atoms with Crippen LogP contribution in [-0.2, 0) is 0 Å². The number of thiophene rings is 1. The molecule has 234 valence electrons. The zero-order valence-corrected chi connectivity index (χ0v) is 27.8. The number of fused-ring (bicyclic) bond motifs is 6. The summed E-state index contributed by atoms with van der Waals surface area (Å²) in [6, 6.07) is 62.5. The zero-order chi connectivity index (χ0) is 33.0. The predicted octanol–water partition coefficient (Wildman–Crippen LogP) is 12.6. The van der Waals surface area contributed by atoms with E-state index in [-0.39, 0.29) is 0 Å². The fourth-order valence-corrected chi connectivity index (χ4v) is 8.48. The van der Waals surface area contributed by atoms with Gasteiger partial charge in [0.25, 0.3) is 0 Å². The third-order valence-corrected chi connectivity index (χ3v) is 10.8. The van der Waals surface area contributed by atoms with Crippen LogP contribution in [0.15, 0.2) is 176 Å². The summed E-state index contributed by atoms with van der Waals surface area (Å²) in [5.74, 6) is 0.733. The minimum Gasteiger partial charge on any atom is -0.309 e. The van der Waals surface area contributed by atoms with Gasteiger partial charge in [-0.15, -0.1) is 11.3 Å². The van der Waals surface area contributed by atoms with Gasteiger partial charge in [-0.3, -0.25) is 0 Å². The Labute approximate surface area is 293 Å². The molecular formula is C46H29N3S. The van der Waals surface area contributed by atoms with E-state index in [4.69, 9.17) is 9.97 Å². The van der Waals surface area contributed by atoms with Crippen molar-refractivity contribution >= 4 is 53.4 Å². The van der Waals surface area contributed by atoms with Crippen LogP contribution >= 0.6 is 11.3 Å². The lowest BCUT2D eigenvalue weighted by atomic mass is 9.95. The van der Waals surface area contributed by atoms with Gasteiger partial charge < -0.3 is 4.57 Å². The van der Waals surface area contributed by atoms with Crippen molar-refractivity contribution in [3.8, 4) is 50.6 Å². The number of aromatic nitrogens is 3. The molecule has 3 aromatic heterocycles. The van der Waals surface area contributed by atoms with Crippen LogP contribution in [0.5, 0.6) is 0 Å². The van der Waals surface area contributed by atoms with E-state index in [0.717, 1.165) is 49.7 Å². The van der Waals surface area contributed by atoms with E-state index in [0.29, 0.717) is 0 Å². The van der Waals surface area contributed by atoms with Gasteiger partial charge in [-0.05, 0) is 64.7 Å². The molecule has 0 aliphatic heterocycles. The molecule has 0 spiro atoms. The molecule has 10 aromatic rings. The third-order valence-electron chi connectivity index (χ3n) is 9.61. The molecule has 10 rings (SSSR count). The summed E-state index contributed by atoms with van der Waals surface area (Å²) in [5, 5.41) is 3.67. The van der Waals surface area contributed by atoms with Crippen LogP contribution in [0, 0.1) is 0 Å². The van der Waals surface area contributed by atoms with Gasteiger partial charge in [-0.1, -0.05) is 133 Å². The first-order chi connectivity index (χ1) is 24.8. The maximum atomic E-state index is 5.22. The number of para-hydroxylation sites is 2. The molecule has 0 N–H and O–H groups in total. The number of hydrogen-bond acceptors (Lipinski definition) is 3. The van der Waals surface area contributed by atoms with Crippen LogP contribution < -0.4 is 0 Å². The molecule has 4 heteroatoms. The number of rotatable bonds is 5. The second-order valence-electron chi connectivity index (χ2n) is 12.6. The number of hydrogen-bond donors (Lipinski definition) is 0. The van der Waals surface area contributed by atoms with Crippen molar-refractivity contribution in [1.29, 1.82) is 0 Å². The number of benzene rings is 7. The Morgan fingerprint density at radius 2 is 1.04 bits per heavy atom. The Balaban J connectivity index is 1.12. The van der Waals surface area contributed by atoms with E-state index in [1.807, 2.05) is 6.07 Å². The summed E-state index contributed by atoms with van der Waals surface area (Å²) in [7, 11) is 0. The maximum absolute atomic E-state index is 5.22. The van der Waals surface area contributed by atoms with Gasteiger partial charge in [0.15, 0.2) is 5.82 Å². The Morgan fingerprint density at radius 1 is 0.440 bits per heavy atom. The average molecular weight is 656 g/mol. The third kappa shape index (κ3) is 4.65. The average Bonchev–Trinajstić information content (AvgIpc) is 3.74. The fraction of sp³-hybridized carbons (Fsp3) is 0. The van der Waals surface area contributed by atoms with Crippen molar-refractivity contribution in [2.45, 2.75) is 0 Å². The highest BCUT2D eigenvalue weighted by molar-refractivity contribution is 7.26. The highest BCUT2D eigenvalue weighted by Crippen LogP contribution is 2.41. The van der Waals surface area contributed by atoms with Gasteiger partial charge >= 0.3 is 0 Å². The Kier molecular flexibility index (Phi) is 6.68. The monoisotopic (exact) mass is 655 g/mol. The summed E-state index contributed by atoms with van der Waals surface area (Å²) in [6.45, 7) is 0. The quantitative estimate of drug-likeness (QED) is 0.185. The predicted molar refractivity (Wildman–Crippen MR) is 211 cm³/mol. The Bertz CT molecular complexity index is 2870. The van der Waals surface area contributed by atoms with Crippen LogP contribution in [0.3, 0.4) is 0 Å². The molecule has 0 unspecified atom stereocenters. The molecule has 3 nitrogen and oxygen atoms in total. The lowest BCUT2D eigenvalue weighted by Gasteiger charge is -2.11. The molecule has 0 amide bonds. The largest absolute Gasteiger partial charge is 0.309 e. The normalized spacial score (nSPS) is 11.6. The molecule has 50 heavy (non-hydrogen) atoms. The van der Waals surface area contributed by atoms with Gasteiger partial charge in [0, 0.05) is 37.7 Å². The van der Waals surface area contributed by atoms with Crippen LogP contribution in [-0.4, -0.2) is 14.5 Å². The fourth-order valence-electron chi connectivity index (χ4n) is 7.33. The van der Waals surface area contributed by atoms with Crippen molar-refractivity contribution in [3.63, 3.8) is 0 Å². The van der Waals surface area contributed by atoms with Gasteiger partial charge in [0.05, 0.1) is 26.9 Å². The van der Waals surface area contributed by atoms with Crippen molar-refractivity contribution in [3.05, 3.63) is 176 Å². The molecule has 0 saturated heterocycles. The molecule has 0 fully saturated rings. The SMILES string of the molecule is c1ccc(-c2nc(-c3cccc(-c4cccc(-c5cccc6c5c5ccccc5n6-c5ccccc5)c4)c3)nc3c2sc2ccccc23)cc1. The lowest BCUT2D eigenvalue weighted by Crippen LogP contribution is -1.94. The van der Waals surface area contributed by atoms with Crippen molar-refractivity contribution in [2.24, 2.45) is 0 Å². The van der Waals surface area contributed by atoms with E-state index >= 15 is 0 Å². The van der Waals surface area contributed by atoms with Crippen LogP contribution in [0.1, 0.15) is 0 Å². The molecule has 0 radical (unpaired) electrons. The van der Waals surface area contributed by atoms with Gasteiger partial charge in [-0.25, -0.2) is 9.97 Å². The molecule has 0 bridgehead atoms. The molecule has 0 aliphatic carbocycles. The summed E-state index contributed by atoms with van der Waals surface area (Å²) < 4.78 is 4.71. The standard InChI is InChI=1S/C46H29N3S/c1-3-14-30(15-4-1)43-45-44(38-23-8-10-27-41(38)50-45)48-46(47-43)34-19-12-17-32(29-34)31-16-11-18-33(28-31)36-24-13-26-40-42(36)37-22-7-9-25-39(37)49(40)35-20-5-2-6-21-35/h1-29H. The van der Waals surface area contributed by atoms with E-state index in [9.17, 15) is 0 Å².